The maximum Gasteiger partial charge on any atom is 0.318 e. The topological polar surface area (TPSA) is 107 Å². The SMILES string of the molecule is C[C@@H](Sc1nc2ccccc2c(=O)n1CCC1=CCCCC1)C(=O)NC(N)=O. The van der Waals surface area contributed by atoms with E-state index in [0.717, 1.165) is 31.0 Å². The van der Waals surface area contributed by atoms with E-state index in [9.17, 15) is 14.4 Å². The summed E-state index contributed by atoms with van der Waals surface area (Å²) in [5.41, 5.74) is 6.86. The molecular weight excluding hydrogens is 376 g/mol. The van der Waals surface area contributed by atoms with Gasteiger partial charge in [0.25, 0.3) is 5.56 Å². The zero-order valence-corrected chi connectivity index (χ0v) is 16.6. The number of nitrogens with one attached hydrogen (secondary N) is 1. The van der Waals surface area contributed by atoms with Gasteiger partial charge in [0.15, 0.2) is 5.16 Å². The number of imide groups is 1. The number of fused-ring (bicyclic) bond motifs is 1. The summed E-state index contributed by atoms with van der Waals surface area (Å²) in [5.74, 6) is -0.513. The summed E-state index contributed by atoms with van der Waals surface area (Å²) in [6, 6.07) is 6.28. The second kappa shape index (κ2) is 9.05. The van der Waals surface area contributed by atoms with Crippen LogP contribution in [0.4, 0.5) is 4.79 Å². The molecule has 8 heteroatoms. The average molecular weight is 401 g/mol. The number of carbonyl (C=O) groups is 2. The largest absolute Gasteiger partial charge is 0.351 e. The highest BCUT2D eigenvalue weighted by atomic mass is 32.2. The third-order valence-corrected chi connectivity index (χ3v) is 5.86. The van der Waals surface area contributed by atoms with Gasteiger partial charge in [0.05, 0.1) is 16.2 Å². The van der Waals surface area contributed by atoms with E-state index in [-0.39, 0.29) is 5.56 Å². The third kappa shape index (κ3) is 4.81. The van der Waals surface area contributed by atoms with Crippen molar-refractivity contribution in [2.24, 2.45) is 5.73 Å². The van der Waals surface area contributed by atoms with E-state index < -0.39 is 17.2 Å². The van der Waals surface area contributed by atoms with E-state index in [1.807, 2.05) is 12.1 Å². The lowest BCUT2D eigenvalue weighted by atomic mass is 9.97. The van der Waals surface area contributed by atoms with Crippen LogP contribution in [0.15, 0.2) is 45.9 Å². The molecule has 0 radical (unpaired) electrons. The van der Waals surface area contributed by atoms with Crippen molar-refractivity contribution in [3.8, 4) is 0 Å². The van der Waals surface area contributed by atoms with Crippen molar-refractivity contribution in [1.29, 1.82) is 0 Å². The van der Waals surface area contributed by atoms with Gasteiger partial charge in [-0.05, 0) is 51.2 Å². The minimum absolute atomic E-state index is 0.119. The van der Waals surface area contributed by atoms with Gasteiger partial charge < -0.3 is 5.73 Å². The van der Waals surface area contributed by atoms with Gasteiger partial charge in [0, 0.05) is 6.54 Å². The number of nitrogens with zero attached hydrogens (tertiary/aromatic N) is 2. The Morgan fingerprint density at radius 2 is 2.11 bits per heavy atom. The predicted octanol–water partition coefficient (Wildman–Crippen LogP) is 2.96. The smallest absolute Gasteiger partial charge is 0.318 e. The molecule has 1 heterocycles. The normalized spacial score (nSPS) is 15.1. The van der Waals surface area contributed by atoms with Crippen LogP contribution in [0.5, 0.6) is 0 Å². The Hall–Kier alpha value is -2.61. The van der Waals surface area contributed by atoms with Gasteiger partial charge in [-0.15, -0.1) is 0 Å². The molecule has 0 saturated carbocycles. The summed E-state index contributed by atoms with van der Waals surface area (Å²) >= 11 is 1.15. The van der Waals surface area contributed by atoms with Crippen LogP contribution < -0.4 is 16.6 Å². The molecule has 1 aliphatic carbocycles. The number of thioether (sulfide) groups is 1. The van der Waals surface area contributed by atoms with Crippen LogP contribution in [0.25, 0.3) is 10.9 Å². The van der Waals surface area contributed by atoms with Crippen molar-refractivity contribution in [1.82, 2.24) is 14.9 Å². The maximum atomic E-state index is 13.1. The first-order valence-electron chi connectivity index (χ1n) is 9.40. The van der Waals surface area contributed by atoms with Crippen LogP contribution in [0, 0.1) is 0 Å². The zero-order chi connectivity index (χ0) is 20.1. The van der Waals surface area contributed by atoms with Crippen LogP contribution in [-0.2, 0) is 11.3 Å². The Kier molecular flexibility index (Phi) is 6.51. The first-order chi connectivity index (χ1) is 13.5. The van der Waals surface area contributed by atoms with E-state index in [0.29, 0.717) is 22.6 Å². The van der Waals surface area contributed by atoms with Crippen molar-refractivity contribution in [2.45, 2.75) is 56.0 Å². The number of allylic oxidation sites excluding steroid dienone is 2. The van der Waals surface area contributed by atoms with Crippen LogP contribution >= 0.6 is 11.8 Å². The molecule has 3 amide bonds. The Morgan fingerprint density at radius 3 is 2.82 bits per heavy atom. The molecule has 0 aliphatic heterocycles. The van der Waals surface area contributed by atoms with E-state index in [1.54, 1.807) is 23.6 Å². The second-order valence-corrected chi connectivity index (χ2v) is 8.15. The van der Waals surface area contributed by atoms with Gasteiger partial charge in [-0.3, -0.25) is 19.5 Å². The standard InChI is InChI=1S/C20H24N4O3S/c1-13(17(25)23-19(21)27)28-20-22-16-10-6-5-9-15(16)18(26)24(20)12-11-14-7-3-2-4-8-14/h5-7,9-10,13H,2-4,8,11-12H2,1H3,(H3,21,23,25,27)/t13-/m1/s1. The van der Waals surface area contributed by atoms with E-state index in [4.69, 9.17) is 5.73 Å². The lowest BCUT2D eigenvalue weighted by molar-refractivity contribution is -0.119. The van der Waals surface area contributed by atoms with Crippen molar-refractivity contribution in [2.75, 3.05) is 0 Å². The third-order valence-electron chi connectivity index (χ3n) is 4.77. The highest BCUT2D eigenvalue weighted by Crippen LogP contribution is 2.25. The molecule has 1 aromatic heterocycles. The highest BCUT2D eigenvalue weighted by molar-refractivity contribution is 8.00. The van der Waals surface area contributed by atoms with Gasteiger partial charge in [-0.25, -0.2) is 9.78 Å². The second-order valence-electron chi connectivity index (χ2n) is 6.84. The van der Waals surface area contributed by atoms with E-state index in [1.165, 1.54) is 18.4 Å². The van der Waals surface area contributed by atoms with Crippen molar-refractivity contribution >= 4 is 34.6 Å². The van der Waals surface area contributed by atoms with Crippen LogP contribution in [-0.4, -0.2) is 26.7 Å². The zero-order valence-electron chi connectivity index (χ0n) is 15.8. The molecule has 7 nitrogen and oxygen atoms in total. The number of aromatic nitrogens is 2. The number of para-hydroxylation sites is 1. The molecule has 0 saturated heterocycles. The molecule has 1 aromatic carbocycles. The van der Waals surface area contributed by atoms with E-state index >= 15 is 0 Å². The minimum Gasteiger partial charge on any atom is -0.351 e. The Bertz CT molecular complexity index is 983. The van der Waals surface area contributed by atoms with Gasteiger partial charge in [0.2, 0.25) is 5.91 Å². The quantitative estimate of drug-likeness (QED) is 0.440. The fourth-order valence-electron chi connectivity index (χ4n) is 3.26. The Morgan fingerprint density at radius 1 is 1.32 bits per heavy atom. The van der Waals surface area contributed by atoms with Crippen LogP contribution in [0.3, 0.4) is 0 Å². The van der Waals surface area contributed by atoms with Crippen molar-refractivity contribution < 1.29 is 9.59 Å². The van der Waals surface area contributed by atoms with Crippen molar-refractivity contribution in [3.63, 3.8) is 0 Å². The number of carbonyl (C=O) groups excluding carboxylic acids is 2. The molecule has 3 rings (SSSR count). The molecule has 148 valence electrons. The van der Waals surface area contributed by atoms with E-state index in [2.05, 4.69) is 16.4 Å². The summed E-state index contributed by atoms with van der Waals surface area (Å²) in [6.45, 7) is 2.16. The molecule has 0 spiro atoms. The number of hydrogen-bond acceptors (Lipinski definition) is 5. The number of primary amides is 1. The first-order valence-corrected chi connectivity index (χ1v) is 10.3. The van der Waals surface area contributed by atoms with Gasteiger partial charge >= 0.3 is 6.03 Å². The molecular formula is C20H24N4O3S. The molecule has 0 unspecified atom stereocenters. The number of rotatable bonds is 6. The summed E-state index contributed by atoms with van der Waals surface area (Å²) in [4.78, 5) is 40.7. The number of nitrogens with two attached hydrogens (primary N) is 1. The Balaban J connectivity index is 1.92. The number of benzene rings is 1. The van der Waals surface area contributed by atoms with Crippen LogP contribution in [0.2, 0.25) is 0 Å². The summed E-state index contributed by atoms with van der Waals surface area (Å²) in [5, 5.41) is 2.47. The molecule has 1 atom stereocenters. The number of urea groups is 1. The Labute approximate surface area is 167 Å². The lowest BCUT2D eigenvalue weighted by Crippen LogP contribution is -2.39. The van der Waals surface area contributed by atoms with Gasteiger partial charge in [0.1, 0.15) is 0 Å². The first kappa shape index (κ1) is 20.1. The molecule has 28 heavy (non-hydrogen) atoms. The summed E-state index contributed by atoms with van der Waals surface area (Å²) in [7, 11) is 0. The fourth-order valence-corrected chi connectivity index (χ4v) is 4.19. The molecule has 3 N–H and O–H groups in total. The number of amides is 3. The highest BCUT2D eigenvalue weighted by Gasteiger charge is 2.20. The molecule has 1 aliphatic rings. The molecule has 0 fully saturated rings. The minimum atomic E-state index is -0.898. The fraction of sp³-hybridized carbons (Fsp3) is 0.400. The lowest BCUT2D eigenvalue weighted by Gasteiger charge is -2.17. The molecule has 0 bridgehead atoms. The van der Waals surface area contributed by atoms with Crippen LogP contribution in [0.1, 0.15) is 39.0 Å². The van der Waals surface area contributed by atoms with Crippen molar-refractivity contribution in [3.05, 3.63) is 46.3 Å². The average Bonchev–Trinajstić information content (AvgIpc) is 2.68. The maximum absolute atomic E-state index is 13.1. The van der Waals surface area contributed by atoms with Gasteiger partial charge in [-0.1, -0.05) is 35.5 Å². The predicted molar refractivity (Wildman–Crippen MR) is 110 cm³/mol. The molecule has 2 aromatic rings. The number of hydrogen-bond donors (Lipinski definition) is 2. The monoisotopic (exact) mass is 400 g/mol. The summed E-state index contributed by atoms with van der Waals surface area (Å²) < 4.78 is 1.64. The summed E-state index contributed by atoms with van der Waals surface area (Å²) in [6.07, 6.45) is 7.60. The van der Waals surface area contributed by atoms with Gasteiger partial charge in [-0.2, -0.15) is 0 Å².